The van der Waals surface area contributed by atoms with Crippen LogP contribution in [0.25, 0.3) is 0 Å². The Morgan fingerprint density at radius 2 is 2.05 bits per heavy atom. The highest BCUT2D eigenvalue weighted by molar-refractivity contribution is 9.10. The summed E-state index contributed by atoms with van der Waals surface area (Å²) < 4.78 is 0.380. The molecular weight excluding hydrogens is 364 g/mol. The summed E-state index contributed by atoms with van der Waals surface area (Å²) in [5.41, 5.74) is 0.0914. The van der Waals surface area contributed by atoms with Crippen LogP contribution >= 0.6 is 27.5 Å². The number of aromatic hydroxyl groups is 1. The molecule has 6 nitrogen and oxygen atoms in total. The zero-order valence-corrected chi connectivity index (χ0v) is 12.7. The predicted molar refractivity (Wildman–Crippen MR) is 81.9 cm³/mol. The van der Waals surface area contributed by atoms with Crippen molar-refractivity contribution in [3.05, 3.63) is 61.6 Å². The van der Waals surface area contributed by atoms with Gasteiger partial charge in [-0.1, -0.05) is 17.7 Å². The summed E-state index contributed by atoms with van der Waals surface area (Å²) in [5.74, 6) is -0.780. The molecule has 0 bridgehead atoms. The van der Waals surface area contributed by atoms with Crippen LogP contribution in [0, 0.1) is 10.1 Å². The Labute approximate surface area is 132 Å². The smallest absolute Gasteiger partial charge is 0.271 e. The van der Waals surface area contributed by atoms with Crippen LogP contribution in [0.4, 0.5) is 11.4 Å². The molecule has 0 aromatic heterocycles. The van der Waals surface area contributed by atoms with Gasteiger partial charge in [-0.05, 0) is 34.1 Å². The maximum atomic E-state index is 12.1. The number of hydrogen-bond donors (Lipinski definition) is 2. The van der Waals surface area contributed by atoms with Crippen molar-refractivity contribution in [1.29, 1.82) is 0 Å². The van der Waals surface area contributed by atoms with Gasteiger partial charge in [0.15, 0.2) is 0 Å². The highest BCUT2D eigenvalue weighted by Crippen LogP contribution is 2.30. The van der Waals surface area contributed by atoms with Crippen LogP contribution in [0.5, 0.6) is 5.75 Å². The first-order chi connectivity index (χ1) is 9.90. The van der Waals surface area contributed by atoms with Gasteiger partial charge < -0.3 is 10.4 Å². The van der Waals surface area contributed by atoms with Crippen LogP contribution in [0.15, 0.2) is 40.9 Å². The van der Waals surface area contributed by atoms with E-state index in [1.165, 1.54) is 18.2 Å². The average molecular weight is 372 g/mol. The molecule has 0 saturated carbocycles. The van der Waals surface area contributed by atoms with Crippen molar-refractivity contribution in [2.45, 2.75) is 0 Å². The molecule has 0 unspecified atom stereocenters. The lowest BCUT2D eigenvalue weighted by molar-refractivity contribution is -0.384. The van der Waals surface area contributed by atoms with E-state index in [-0.39, 0.29) is 27.7 Å². The van der Waals surface area contributed by atoms with E-state index in [0.29, 0.717) is 4.47 Å². The van der Waals surface area contributed by atoms with Crippen molar-refractivity contribution in [2.24, 2.45) is 0 Å². The number of rotatable bonds is 3. The summed E-state index contributed by atoms with van der Waals surface area (Å²) in [7, 11) is 0. The van der Waals surface area contributed by atoms with Gasteiger partial charge in [0.1, 0.15) is 5.75 Å². The molecule has 2 rings (SSSR count). The van der Waals surface area contributed by atoms with E-state index in [0.717, 1.165) is 6.07 Å². The molecule has 0 aliphatic heterocycles. The number of carbonyl (C=O) groups excluding carboxylic acids is 1. The maximum absolute atomic E-state index is 12.1. The first-order valence-electron chi connectivity index (χ1n) is 5.63. The third-order valence-corrected chi connectivity index (χ3v) is 3.60. The zero-order chi connectivity index (χ0) is 15.6. The number of phenolic OH excluding ortho intramolecular Hbond substituents is 1. The quantitative estimate of drug-likeness (QED) is 0.631. The number of nitro groups is 1. The highest BCUT2D eigenvalue weighted by atomic mass is 79.9. The summed E-state index contributed by atoms with van der Waals surface area (Å²) in [5, 5.41) is 22.9. The van der Waals surface area contributed by atoms with E-state index in [1.54, 1.807) is 12.1 Å². The molecule has 0 spiro atoms. The number of nitrogens with one attached hydrogen (secondary N) is 1. The molecule has 0 fully saturated rings. The number of hydrogen-bond acceptors (Lipinski definition) is 4. The fourth-order valence-electron chi connectivity index (χ4n) is 1.61. The average Bonchev–Trinajstić information content (AvgIpc) is 2.43. The molecule has 8 heteroatoms. The van der Waals surface area contributed by atoms with Crippen molar-refractivity contribution >= 4 is 44.8 Å². The third-order valence-electron chi connectivity index (χ3n) is 2.64. The summed E-state index contributed by atoms with van der Waals surface area (Å²) in [6.07, 6.45) is 0. The minimum atomic E-state index is -0.586. The molecule has 2 N–H and O–H groups in total. The van der Waals surface area contributed by atoms with Crippen molar-refractivity contribution in [3.8, 4) is 5.75 Å². The Morgan fingerprint density at radius 3 is 2.67 bits per heavy atom. The second kappa shape index (κ2) is 6.11. The second-order valence-electron chi connectivity index (χ2n) is 4.01. The van der Waals surface area contributed by atoms with Crippen molar-refractivity contribution in [3.63, 3.8) is 0 Å². The maximum Gasteiger partial charge on any atom is 0.271 e. The SMILES string of the molecule is O=C(Nc1ccc([N+](=O)[O-])cc1Cl)c1cccc(Br)c1O. The van der Waals surface area contributed by atoms with E-state index in [4.69, 9.17) is 11.6 Å². The topological polar surface area (TPSA) is 92.5 Å². The van der Waals surface area contributed by atoms with Crippen molar-refractivity contribution < 1.29 is 14.8 Å². The van der Waals surface area contributed by atoms with E-state index in [1.807, 2.05) is 0 Å². The Morgan fingerprint density at radius 1 is 1.33 bits per heavy atom. The number of nitrogens with zero attached hydrogens (tertiary/aromatic N) is 1. The molecule has 2 aromatic rings. The fourth-order valence-corrected chi connectivity index (χ4v) is 2.20. The zero-order valence-electron chi connectivity index (χ0n) is 10.3. The van der Waals surface area contributed by atoms with Gasteiger partial charge in [0, 0.05) is 12.1 Å². The summed E-state index contributed by atoms with van der Waals surface area (Å²) in [6.45, 7) is 0. The number of halogens is 2. The standard InChI is InChI=1S/C13H8BrClN2O4/c14-9-3-1-2-8(12(9)18)13(19)16-11-5-4-7(17(20)21)6-10(11)15/h1-6,18H,(H,16,19). The minimum absolute atomic E-state index is 0.0343. The summed E-state index contributed by atoms with van der Waals surface area (Å²) in [6, 6.07) is 8.31. The highest BCUT2D eigenvalue weighted by Gasteiger charge is 2.16. The number of non-ortho nitro benzene ring substituents is 1. The van der Waals surface area contributed by atoms with Crippen molar-refractivity contribution in [2.75, 3.05) is 5.32 Å². The molecular formula is C13H8BrClN2O4. The van der Waals surface area contributed by atoms with Gasteiger partial charge in [-0.3, -0.25) is 14.9 Å². The molecule has 0 aliphatic carbocycles. The number of carbonyl (C=O) groups is 1. The first kappa shape index (κ1) is 15.3. The molecule has 0 saturated heterocycles. The molecule has 21 heavy (non-hydrogen) atoms. The molecule has 1 amide bonds. The number of amides is 1. The van der Waals surface area contributed by atoms with E-state index < -0.39 is 10.8 Å². The van der Waals surface area contributed by atoms with Gasteiger partial charge in [-0.2, -0.15) is 0 Å². The lowest BCUT2D eigenvalue weighted by Gasteiger charge is -2.09. The van der Waals surface area contributed by atoms with Crippen LogP contribution in [0.2, 0.25) is 5.02 Å². The molecule has 0 radical (unpaired) electrons. The van der Waals surface area contributed by atoms with Gasteiger partial charge in [-0.25, -0.2) is 0 Å². The first-order valence-corrected chi connectivity index (χ1v) is 6.80. The molecule has 0 aliphatic rings. The van der Waals surface area contributed by atoms with Crippen LogP contribution in [-0.4, -0.2) is 15.9 Å². The van der Waals surface area contributed by atoms with E-state index in [2.05, 4.69) is 21.2 Å². The van der Waals surface area contributed by atoms with Crippen LogP contribution in [-0.2, 0) is 0 Å². The van der Waals surface area contributed by atoms with E-state index in [9.17, 15) is 20.0 Å². The van der Waals surface area contributed by atoms with Gasteiger partial charge in [0.2, 0.25) is 0 Å². The van der Waals surface area contributed by atoms with Gasteiger partial charge in [0.05, 0.1) is 25.7 Å². The molecule has 0 atom stereocenters. The molecule has 2 aromatic carbocycles. The minimum Gasteiger partial charge on any atom is -0.506 e. The molecule has 108 valence electrons. The second-order valence-corrected chi connectivity index (χ2v) is 5.27. The Hall–Kier alpha value is -2.12. The number of para-hydroxylation sites is 1. The van der Waals surface area contributed by atoms with Gasteiger partial charge in [0.25, 0.3) is 11.6 Å². The summed E-state index contributed by atoms with van der Waals surface area (Å²) in [4.78, 5) is 22.1. The monoisotopic (exact) mass is 370 g/mol. The van der Waals surface area contributed by atoms with Gasteiger partial charge >= 0.3 is 0 Å². The van der Waals surface area contributed by atoms with Crippen LogP contribution in [0.3, 0.4) is 0 Å². The van der Waals surface area contributed by atoms with Crippen LogP contribution in [0.1, 0.15) is 10.4 Å². The summed E-state index contributed by atoms with van der Waals surface area (Å²) >= 11 is 8.99. The van der Waals surface area contributed by atoms with Crippen molar-refractivity contribution in [1.82, 2.24) is 0 Å². The third kappa shape index (κ3) is 3.32. The lowest BCUT2D eigenvalue weighted by atomic mass is 10.2. The fraction of sp³-hybridized carbons (Fsp3) is 0. The molecule has 0 heterocycles. The number of anilines is 1. The number of phenols is 1. The normalized spacial score (nSPS) is 10.2. The van der Waals surface area contributed by atoms with Gasteiger partial charge in [-0.15, -0.1) is 0 Å². The van der Waals surface area contributed by atoms with E-state index >= 15 is 0 Å². The number of nitro benzene ring substituents is 1. The Kier molecular flexibility index (Phi) is 4.44. The predicted octanol–water partition coefficient (Wildman–Crippen LogP) is 3.97. The largest absolute Gasteiger partial charge is 0.506 e. The number of benzene rings is 2. The lowest BCUT2D eigenvalue weighted by Crippen LogP contribution is -2.12. The Bertz CT molecular complexity index is 736. The van der Waals surface area contributed by atoms with Crippen LogP contribution < -0.4 is 5.32 Å². The Balaban J connectivity index is 2.28.